The molecule has 0 saturated carbocycles. The molecule has 76 valence electrons. The topological polar surface area (TPSA) is 39.1 Å². The number of ketones is 1. The summed E-state index contributed by atoms with van der Waals surface area (Å²) in [6.45, 7) is 5.02. The molecule has 1 aromatic heterocycles. The molecule has 0 fully saturated rings. The van der Waals surface area contributed by atoms with E-state index in [-0.39, 0.29) is 16.8 Å². The number of Topliss-reactive ketones (excluding diaryl/α,β-unsaturated/α-hetero) is 1. The second-order valence-electron chi connectivity index (χ2n) is 3.30. The van der Waals surface area contributed by atoms with Crippen LogP contribution < -0.4 is 5.43 Å². The summed E-state index contributed by atoms with van der Waals surface area (Å²) in [4.78, 5) is 23.0. The van der Waals surface area contributed by atoms with Crippen LogP contribution in [-0.4, -0.2) is 10.4 Å². The molecule has 14 heavy (non-hydrogen) atoms. The highest BCUT2D eigenvalue weighted by atomic mass is 79.9. The molecule has 1 heterocycles. The van der Waals surface area contributed by atoms with Crippen LogP contribution in [0.2, 0.25) is 0 Å². The maximum Gasteiger partial charge on any atom is 0.207 e. The molecular formula is C10H12BrNO2. The molecule has 0 saturated heterocycles. The molecule has 1 rings (SSSR count). The molecule has 0 amide bonds. The summed E-state index contributed by atoms with van der Waals surface area (Å²) in [6.07, 6.45) is 0. The van der Waals surface area contributed by atoms with Crippen LogP contribution in [0.1, 0.15) is 28.7 Å². The maximum absolute atomic E-state index is 11.7. The highest BCUT2D eigenvalue weighted by molar-refractivity contribution is 9.10. The zero-order valence-electron chi connectivity index (χ0n) is 8.64. The summed E-state index contributed by atoms with van der Waals surface area (Å²) in [6, 6.07) is 0. The van der Waals surface area contributed by atoms with Crippen molar-refractivity contribution < 1.29 is 4.79 Å². The van der Waals surface area contributed by atoms with Crippen LogP contribution >= 0.6 is 15.9 Å². The molecule has 0 bridgehead atoms. The monoisotopic (exact) mass is 257 g/mol. The van der Waals surface area contributed by atoms with E-state index in [4.69, 9.17) is 0 Å². The van der Waals surface area contributed by atoms with Crippen molar-refractivity contribution in [3.8, 4) is 0 Å². The Labute approximate surface area is 90.9 Å². The molecule has 0 radical (unpaired) electrons. The SMILES string of the molecule is CC(=O)c1c(C)n(C)c(C)c(Br)c1=O. The van der Waals surface area contributed by atoms with Gasteiger partial charge in [-0.3, -0.25) is 9.59 Å². The lowest BCUT2D eigenvalue weighted by Gasteiger charge is -2.13. The predicted octanol–water partition coefficient (Wildman–Crippen LogP) is 1.97. The molecule has 3 nitrogen and oxygen atoms in total. The van der Waals surface area contributed by atoms with Crippen molar-refractivity contribution in [1.82, 2.24) is 4.57 Å². The zero-order chi connectivity index (χ0) is 11.0. The third kappa shape index (κ3) is 1.54. The fourth-order valence-corrected chi connectivity index (χ4v) is 1.88. The van der Waals surface area contributed by atoms with Crippen LogP contribution in [0.5, 0.6) is 0 Å². The fraction of sp³-hybridized carbons (Fsp3) is 0.400. The van der Waals surface area contributed by atoms with Gasteiger partial charge in [-0.05, 0) is 36.7 Å². The van der Waals surface area contributed by atoms with E-state index < -0.39 is 0 Å². The Bertz CT molecular complexity index is 460. The van der Waals surface area contributed by atoms with Crippen LogP contribution in [0.25, 0.3) is 0 Å². The second kappa shape index (κ2) is 3.69. The van der Waals surface area contributed by atoms with Crippen molar-refractivity contribution >= 4 is 21.7 Å². The normalized spacial score (nSPS) is 10.4. The van der Waals surface area contributed by atoms with Gasteiger partial charge >= 0.3 is 0 Å². The minimum atomic E-state index is -0.217. The molecule has 0 aliphatic rings. The van der Waals surface area contributed by atoms with Gasteiger partial charge in [-0.2, -0.15) is 0 Å². The minimum absolute atomic E-state index is 0.191. The highest BCUT2D eigenvalue weighted by Crippen LogP contribution is 2.15. The van der Waals surface area contributed by atoms with Gasteiger partial charge in [-0.1, -0.05) is 0 Å². The molecule has 0 N–H and O–H groups in total. The minimum Gasteiger partial charge on any atom is -0.350 e. The second-order valence-corrected chi connectivity index (χ2v) is 4.10. The fourth-order valence-electron chi connectivity index (χ4n) is 1.42. The molecule has 0 aliphatic carbocycles. The zero-order valence-corrected chi connectivity index (χ0v) is 10.2. The summed E-state index contributed by atoms with van der Waals surface area (Å²) in [5.41, 5.74) is 1.59. The van der Waals surface area contributed by atoms with E-state index in [0.29, 0.717) is 10.2 Å². The Balaban J connectivity index is 3.78. The van der Waals surface area contributed by atoms with Crippen molar-refractivity contribution in [1.29, 1.82) is 0 Å². The van der Waals surface area contributed by atoms with Gasteiger partial charge in [0.25, 0.3) is 0 Å². The number of pyridine rings is 1. The molecule has 0 spiro atoms. The first-order chi connectivity index (χ1) is 6.37. The summed E-state index contributed by atoms with van der Waals surface area (Å²) in [5.74, 6) is -0.191. The van der Waals surface area contributed by atoms with E-state index in [1.807, 2.05) is 18.5 Å². The van der Waals surface area contributed by atoms with Crippen molar-refractivity contribution in [2.75, 3.05) is 0 Å². The van der Waals surface area contributed by atoms with Gasteiger partial charge in [-0.25, -0.2) is 0 Å². The smallest absolute Gasteiger partial charge is 0.207 e. The Morgan fingerprint density at radius 2 is 1.79 bits per heavy atom. The Morgan fingerprint density at radius 1 is 1.29 bits per heavy atom. The van der Waals surface area contributed by atoms with Crippen molar-refractivity contribution in [3.63, 3.8) is 0 Å². The van der Waals surface area contributed by atoms with Crippen LogP contribution in [0, 0.1) is 13.8 Å². The van der Waals surface area contributed by atoms with Gasteiger partial charge in [0.05, 0.1) is 10.0 Å². The third-order valence-corrected chi connectivity index (χ3v) is 3.40. The molecule has 0 unspecified atom stereocenters. The molecule has 0 aliphatic heterocycles. The lowest BCUT2D eigenvalue weighted by molar-refractivity contribution is 0.101. The van der Waals surface area contributed by atoms with E-state index in [0.717, 1.165) is 5.69 Å². The van der Waals surface area contributed by atoms with E-state index in [1.165, 1.54) is 6.92 Å². The van der Waals surface area contributed by atoms with Gasteiger partial charge in [-0.15, -0.1) is 0 Å². The van der Waals surface area contributed by atoms with Crippen LogP contribution in [0.4, 0.5) is 0 Å². The quantitative estimate of drug-likeness (QED) is 0.722. The number of hydrogen-bond acceptors (Lipinski definition) is 2. The summed E-state index contributed by atoms with van der Waals surface area (Å²) in [7, 11) is 1.83. The number of aromatic nitrogens is 1. The lowest BCUT2D eigenvalue weighted by Crippen LogP contribution is -2.22. The highest BCUT2D eigenvalue weighted by Gasteiger charge is 2.16. The Morgan fingerprint density at radius 3 is 2.21 bits per heavy atom. The van der Waals surface area contributed by atoms with Crippen LogP contribution in [-0.2, 0) is 7.05 Å². The average Bonchev–Trinajstić information content (AvgIpc) is 2.11. The first-order valence-electron chi connectivity index (χ1n) is 4.24. The van der Waals surface area contributed by atoms with Gasteiger partial charge in [0, 0.05) is 18.4 Å². The molecular weight excluding hydrogens is 246 g/mol. The van der Waals surface area contributed by atoms with Crippen molar-refractivity contribution in [3.05, 3.63) is 31.6 Å². The number of nitrogens with zero attached hydrogens (tertiary/aromatic N) is 1. The Kier molecular flexibility index (Phi) is 2.95. The first kappa shape index (κ1) is 11.2. The first-order valence-corrected chi connectivity index (χ1v) is 5.03. The van der Waals surface area contributed by atoms with Gasteiger partial charge in [0.1, 0.15) is 0 Å². The summed E-state index contributed by atoms with van der Waals surface area (Å²) < 4.78 is 2.30. The van der Waals surface area contributed by atoms with Crippen LogP contribution in [0.15, 0.2) is 9.27 Å². The Hall–Kier alpha value is -0.900. The maximum atomic E-state index is 11.7. The number of hydrogen-bond donors (Lipinski definition) is 0. The van der Waals surface area contributed by atoms with Crippen molar-refractivity contribution in [2.45, 2.75) is 20.8 Å². The van der Waals surface area contributed by atoms with Gasteiger partial charge in [0.15, 0.2) is 5.78 Å². The number of halogens is 1. The van der Waals surface area contributed by atoms with E-state index in [9.17, 15) is 9.59 Å². The number of rotatable bonds is 1. The molecule has 4 heteroatoms. The lowest BCUT2D eigenvalue weighted by atomic mass is 10.1. The van der Waals surface area contributed by atoms with E-state index in [2.05, 4.69) is 15.9 Å². The van der Waals surface area contributed by atoms with E-state index in [1.54, 1.807) is 6.92 Å². The molecule has 0 atom stereocenters. The summed E-state index contributed by atoms with van der Waals surface area (Å²) in [5, 5.41) is 0. The van der Waals surface area contributed by atoms with Crippen LogP contribution in [0.3, 0.4) is 0 Å². The molecule has 0 aromatic carbocycles. The predicted molar refractivity (Wildman–Crippen MR) is 58.9 cm³/mol. The third-order valence-electron chi connectivity index (χ3n) is 2.46. The average molecular weight is 258 g/mol. The summed E-state index contributed by atoms with van der Waals surface area (Å²) >= 11 is 3.20. The van der Waals surface area contributed by atoms with Gasteiger partial charge < -0.3 is 4.57 Å². The number of carbonyl (C=O) groups is 1. The largest absolute Gasteiger partial charge is 0.350 e. The standard InChI is InChI=1S/C10H12BrNO2/c1-5-8(7(3)13)10(14)9(11)6(2)12(5)4/h1-4H3. The van der Waals surface area contributed by atoms with E-state index >= 15 is 0 Å². The molecule has 1 aromatic rings. The van der Waals surface area contributed by atoms with Gasteiger partial charge in [0.2, 0.25) is 5.43 Å². The number of carbonyl (C=O) groups excluding carboxylic acids is 1. The van der Waals surface area contributed by atoms with Crippen molar-refractivity contribution in [2.24, 2.45) is 7.05 Å².